The summed E-state index contributed by atoms with van der Waals surface area (Å²) in [4.78, 5) is 11.3. The zero-order chi connectivity index (χ0) is 26.4. The predicted octanol–water partition coefficient (Wildman–Crippen LogP) is 7.35. The Morgan fingerprint density at radius 3 is 2.31 bits per heavy atom. The number of carbonyl (C=O) groups excluding carboxylic acids is 1. The van der Waals surface area contributed by atoms with Crippen molar-refractivity contribution in [1.82, 2.24) is 0 Å². The molecule has 35 heavy (non-hydrogen) atoms. The minimum absolute atomic E-state index is 0.0445. The van der Waals surface area contributed by atoms with Crippen LogP contribution in [0.5, 0.6) is 0 Å². The molecule has 1 aromatic carbocycles. The molecule has 1 unspecified atom stereocenters. The van der Waals surface area contributed by atoms with Crippen LogP contribution in [0.4, 0.5) is 0 Å². The van der Waals surface area contributed by atoms with Crippen LogP contribution in [-0.2, 0) is 19.4 Å². The van der Waals surface area contributed by atoms with E-state index in [1.807, 2.05) is 0 Å². The molecule has 2 rings (SSSR count). The Morgan fingerprint density at radius 1 is 1.14 bits per heavy atom. The number of alkyl halides is 1. The van der Waals surface area contributed by atoms with Crippen LogP contribution in [0.25, 0.3) is 0 Å². The monoisotopic (exact) mass is 522 g/mol. The number of aliphatic hydroxyl groups excluding tert-OH is 1. The number of esters is 1. The first-order valence-electron chi connectivity index (χ1n) is 13.0. The van der Waals surface area contributed by atoms with Crippen LogP contribution in [0.3, 0.4) is 0 Å². The molecule has 1 fully saturated rings. The van der Waals surface area contributed by atoms with Gasteiger partial charge in [0.2, 0.25) is 0 Å². The van der Waals surface area contributed by atoms with E-state index < -0.39 is 8.32 Å². The van der Waals surface area contributed by atoms with E-state index in [1.165, 1.54) is 12.7 Å². The van der Waals surface area contributed by atoms with Crippen molar-refractivity contribution in [3.8, 4) is 0 Å². The van der Waals surface area contributed by atoms with Gasteiger partial charge in [0.05, 0.1) is 19.8 Å². The second-order valence-corrected chi connectivity index (χ2v) is 17.5. The maximum atomic E-state index is 11.3. The number of unbranched alkanes of at least 4 members (excludes halogenated alkanes) is 1. The topological polar surface area (TPSA) is 55.8 Å². The summed E-state index contributed by atoms with van der Waals surface area (Å²) in [5.41, 5.74) is 2.12. The molecule has 198 valence electrons. The van der Waals surface area contributed by atoms with Gasteiger partial charge in [-0.25, -0.2) is 0 Å². The number of allylic oxidation sites excluding steroid dienone is 2. The van der Waals surface area contributed by atoms with Crippen LogP contribution in [0.2, 0.25) is 18.1 Å². The Bertz CT molecular complexity index is 841. The van der Waals surface area contributed by atoms with E-state index >= 15 is 0 Å². The highest BCUT2D eigenvalue weighted by molar-refractivity contribution is 6.74. The summed E-state index contributed by atoms with van der Waals surface area (Å²) in [5, 5.41) is 9.96. The molecule has 0 amide bonds. The van der Waals surface area contributed by atoms with Gasteiger partial charge >= 0.3 is 5.97 Å². The van der Waals surface area contributed by atoms with Gasteiger partial charge in [-0.2, -0.15) is 0 Å². The molecule has 0 bridgehead atoms. The lowest BCUT2D eigenvalue weighted by Gasteiger charge is -2.40. The van der Waals surface area contributed by atoms with Gasteiger partial charge in [-0.3, -0.25) is 4.79 Å². The molecule has 0 saturated heterocycles. The summed E-state index contributed by atoms with van der Waals surface area (Å²) < 4.78 is 11.7. The normalized spacial score (nSPS) is 23.7. The Kier molecular flexibility index (Phi) is 10.7. The minimum Gasteiger partial charge on any atom is -0.469 e. The summed E-state index contributed by atoms with van der Waals surface area (Å²) >= 11 is 6.99. The second-order valence-electron chi connectivity index (χ2n) is 12.2. The first-order valence-corrected chi connectivity index (χ1v) is 16.3. The van der Waals surface area contributed by atoms with Gasteiger partial charge < -0.3 is 14.3 Å². The lowest BCUT2D eigenvalue weighted by atomic mass is 9.81. The molecule has 0 aromatic heterocycles. The van der Waals surface area contributed by atoms with E-state index in [1.54, 1.807) is 0 Å². The van der Waals surface area contributed by atoms with Crippen LogP contribution >= 0.6 is 11.6 Å². The third kappa shape index (κ3) is 7.92. The number of halogens is 1. The Labute approximate surface area is 219 Å². The molecular weight excluding hydrogens is 476 g/mol. The van der Waals surface area contributed by atoms with Gasteiger partial charge in [0.15, 0.2) is 8.32 Å². The van der Waals surface area contributed by atoms with Crippen molar-refractivity contribution in [1.29, 1.82) is 0 Å². The molecule has 1 aliphatic carbocycles. The van der Waals surface area contributed by atoms with Gasteiger partial charge in [0, 0.05) is 23.1 Å². The third-order valence-electron chi connectivity index (χ3n) is 8.06. The quantitative estimate of drug-likeness (QED) is 0.108. The second kappa shape index (κ2) is 12.4. The fourth-order valence-corrected chi connectivity index (χ4v) is 6.35. The van der Waals surface area contributed by atoms with Crippen LogP contribution in [0.15, 0.2) is 36.4 Å². The zero-order valence-electron chi connectivity index (χ0n) is 23.1. The Morgan fingerprint density at radius 2 is 1.77 bits per heavy atom. The van der Waals surface area contributed by atoms with E-state index in [2.05, 4.69) is 84.1 Å². The Balaban J connectivity index is 2.26. The highest BCUT2D eigenvalue weighted by Crippen LogP contribution is 2.49. The van der Waals surface area contributed by atoms with Gasteiger partial charge in [-0.1, -0.05) is 71.0 Å². The van der Waals surface area contributed by atoms with Crippen LogP contribution in [0, 0.1) is 5.92 Å². The van der Waals surface area contributed by atoms with Gasteiger partial charge in [-0.15, -0.1) is 11.6 Å². The van der Waals surface area contributed by atoms with Crippen LogP contribution in [0.1, 0.15) is 83.8 Å². The molecule has 0 aliphatic heterocycles. The maximum Gasteiger partial charge on any atom is 0.305 e. The molecule has 1 aliphatic rings. The first kappa shape index (κ1) is 30.1. The van der Waals surface area contributed by atoms with Gasteiger partial charge in [0.25, 0.3) is 0 Å². The number of hydrogen-bond donors (Lipinski definition) is 1. The van der Waals surface area contributed by atoms with Crippen molar-refractivity contribution in [2.24, 2.45) is 5.92 Å². The molecule has 0 spiro atoms. The minimum atomic E-state index is -1.97. The standard InChI is InChI=1S/C29H47ClO4Si/c1-28(2,3)35(7,8)34-25-19-24(30)23(13-11-9-10-12-14-26(32)33-6)27(25)21-15-17-22(18-16-21)29(4,5)20-31/h9,11,15-18,23-25,27,31H,10,12-14,19-20H2,1-8H3/t23-,24+,25+,27?/m0/s1. The predicted molar refractivity (Wildman–Crippen MR) is 149 cm³/mol. The van der Waals surface area contributed by atoms with Crippen molar-refractivity contribution in [2.45, 2.75) is 108 Å². The fraction of sp³-hybridized carbons (Fsp3) is 0.690. The molecule has 4 atom stereocenters. The summed E-state index contributed by atoms with van der Waals surface area (Å²) in [6.07, 6.45) is 8.31. The Hall–Kier alpha value is -1.14. The fourth-order valence-electron chi connectivity index (χ4n) is 4.56. The van der Waals surface area contributed by atoms with E-state index in [0.717, 1.165) is 31.2 Å². The third-order valence-corrected chi connectivity index (χ3v) is 13.1. The number of hydrogen-bond acceptors (Lipinski definition) is 4. The van der Waals surface area contributed by atoms with Crippen molar-refractivity contribution in [3.63, 3.8) is 0 Å². The van der Waals surface area contributed by atoms with E-state index in [0.29, 0.717) is 6.42 Å². The highest BCUT2D eigenvalue weighted by atomic mass is 35.5. The number of ether oxygens (including phenoxy) is 1. The SMILES string of the molecule is COC(=O)CCCC=CC[C@@H]1C(c2ccc(C(C)(C)CO)cc2)[C@H](O[Si](C)(C)C(C)(C)C)C[C@H]1Cl. The van der Waals surface area contributed by atoms with Crippen molar-refractivity contribution >= 4 is 25.9 Å². The molecule has 0 radical (unpaired) electrons. The summed E-state index contributed by atoms with van der Waals surface area (Å²) in [6, 6.07) is 8.72. The number of rotatable bonds is 11. The molecule has 1 aromatic rings. The lowest BCUT2D eigenvalue weighted by Crippen LogP contribution is -2.44. The smallest absolute Gasteiger partial charge is 0.305 e. The summed E-state index contributed by atoms with van der Waals surface area (Å²) in [5.74, 6) is 0.339. The number of aliphatic hydroxyl groups is 1. The average Bonchev–Trinajstić information content (AvgIpc) is 3.09. The maximum absolute atomic E-state index is 11.3. The average molecular weight is 523 g/mol. The van der Waals surface area contributed by atoms with Crippen LogP contribution in [-0.4, -0.2) is 44.6 Å². The zero-order valence-corrected chi connectivity index (χ0v) is 24.8. The van der Waals surface area contributed by atoms with Crippen molar-refractivity contribution in [2.75, 3.05) is 13.7 Å². The molecule has 0 heterocycles. The lowest BCUT2D eigenvalue weighted by molar-refractivity contribution is -0.140. The number of benzene rings is 1. The summed E-state index contributed by atoms with van der Waals surface area (Å²) in [6.45, 7) is 15.7. The number of methoxy groups -OCH3 is 1. The highest BCUT2D eigenvalue weighted by Gasteiger charge is 2.48. The van der Waals surface area contributed by atoms with E-state index in [-0.39, 0.29) is 46.3 Å². The molecule has 1 saturated carbocycles. The largest absolute Gasteiger partial charge is 0.469 e. The van der Waals surface area contributed by atoms with Crippen molar-refractivity contribution in [3.05, 3.63) is 47.5 Å². The molecule has 6 heteroatoms. The molecular formula is C29H47ClO4Si. The van der Waals surface area contributed by atoms with E-state index in [4.69, 9.17) is 20.8 Å². The van der Waals surface area contributed by atoms with Crippen LogP contribution < -0.4 is 0 Å². The molecule has 4 nitrogen and oxygen atoms in total. The number of carbonyl (C=O) groups is 1. The summed E-state index contributed by atoms with van der Waals surface area (Å²) in [7, 11) is -0.538. The first-order chi connectivity index (χ1) is 16.2. The van der Waals surface area contributed by atoms with Gasteiger partial charge in [-0.05, 0) is 60.9 Å². The van der Waals surface area contributed by atoms with Crippen molar-refractivity contribution < 1.29 is 19.1 Å². The van der Waals surface area contributed by atoms with Gasteiger partial charge in [0.1, 0.15) is 0 Å². The molecule has 1 N–H and O–H groups in total. The van der Waals surface area contributed by atoms with E-state index in [9.17, 15) is 9.90 Å².